The molecule has 0 spiro atoms. The fraction of sp³-hybridized carbons (Fsp3) is 0.222. The van der Waals surface area contributed by atoms with Gasteiger partial charge in [0.15, 0.2) is 0 Å². The van der Waals surface area contributed by atoms with E-state index in [0.29, 0.717) is 22.8 Å². The van der Waals surface area contributed by atoms with Crippen LogP contribution < -0.4 is 10.3 Å². The van der Waals surface area contributed by atoms with Gasteiger partial charge in [0.25, 0.3) is 5.56 Å². The molecule has 2 heterocycles. The first kappa shape index (κ1) is 14.3. The van der Waals surface area contributed by atoms with Crippen molar-refractivity contribution in [3.63, 3.8) is 0 Å². The van der Waals surface area contributed by atoms with Crippen molar-refractivity contribution in [2.75, 3.05) is 0 Å². The molecule has 0 atom stereocenters. The van der Waals surface area contributed by atoms with Gasteiger partial charge in [-0.15, -0.1) is 0 Å². The molecule has 116 valence electrons. The first-order valence-electron chi connectivity index (χ1n) is 7.61. The second kappa shape index (κ2) is 5.70. The summed E-state index contributed by atoms with van der Waals surface area (Å²) in [5.41, 5.74) is 1.79. The zero-order valence-electron chi connectivity index (χ0n) is 12.5. The molecule has 0 saturated carbocycles. The number of aryl methyl sites for hydroxylation is 1. The monoisotopic (exact) mass is 326 g/mol. The van der Waals surface area contributed by atoms with Crippen LogP contribution in [0.25, 0.3) is 10.9 Å². The van der Waals surface area contributed by atoms with Crippen LogP contribution in [-0.4, -0.2) is 9.55 Å². The number of rotatable bonds is 3. The molecule has 0 N–H and O–H groups in total. The Balaban J connectivity index is 1.64. The van der Waals surface area contributed by atoms with Crippen LogP contribution in [-0.2, 0) is 19.6 Å². The highest BCUT2D eigenvalue weighted by molar-refractivity contribution is 6.30. The van der Waals surface area contributed by atoms with Gasteiger partial charge in [0.2, 0.25) is 0 Å². The summed E-state index contributed by atoms with van der Waals surface area (Å²) >= 11 is 5.87. The molecular formula is C18H15ClN2O2. The minimum atomic E-state index is 0.0273. The van der Waals surface area contributed by atoms with E-state index < -0.39 is 0 Å². The summed E-state index contributed by atoms with van der Waals surface area (Å²) in [6.07, 6.45) is 1.86. The van der Waals surface area contributed by atoms with E-state index in [0.717, 1.165) is 36.3 Å². The van der Waals surface area contributed by atoms with Gasteiger partial charge in [-0.25, -0.2) is 4.98 Å². The van der Waals surface area contributed by atoms with Crippen molar-refractivity contribution in [3.05, 3.63) is 69.2 Å². The number of aromatic nitrogens is 2. The molecule has 0 amide bonds. The molecule has 4 nitrogen and oxygen atoms in total. The molecule has 23 heavy (non-hydrogen) atoms. The summed E-state index contributed by atoms with van der Waals surface area (Å²) in [6, 6.07) is 13.0. The molecule has 0 fully saturated rings. The maximum absolute atomic E-state index is 12.5. The van der Waals surface area contributed by atoms with Crippen LogP contribution >= 0.6 is 11.6 Å². The predicted octanol–water partition coefficient (Wildman–Crippen LogP) is 3.58. The first-order valence-corrected chi connectivity index (χ1v) is 7.99. The summed E-state index contributed by atoms with van der Waals surface area (Å²) < 4.78 is 7.56. The molecule has 3 aromatic rings. The van der Waals surface area contributed by atoms with Gasteiger partial charge >= 0.3 is 0 Å². The minimum absolute atomic E-state index is 0.0273. The molecule has 0 saturated heterocycles. The zero-order valence-corrected chi connectivity index (χ0v) is 13.2. The Morgan fingerprint density at radius 1 is 1.17 bits per heavy atom. The summed E-state index contributed by atoms with van der Waals surface area (Å²) in [6.45, 7) is 1.19. The molecule has 4 rings (SSSR count). The Labute approximate surface area is 138 Å². The van der Waals surface area contributed by atoms with Crippen molar-refractivity contribution in [1.82, 2.24) is 9.55 Å². The summed E-state index contributed by atoms with van der Waals surface area (Å²) in [4.78, 5) is 17.1. The minimum Gasteiger partial charge on any atom is -0.489 e. The quantitative estimate of drug-likeness (QED) is 0.739. The van der Waals surface area contributed by atoms with Gasteiger partial charge in [0.1, 0.15) is 18.2 Å². The molecule has 0 unspecified atom stereocenters. The van der Waals surface area contributed by atoms with Gasteiger partial charge in [-0.2, -0.15) is 0 Å². The number of hydrogen-bond acceptors (Lipinski definition) is 3. The smallest absolute Gasteiger partial charge is 0.261 e. The van der Waals surface area contributed by atoms with E-state index in [1.54, 1.807) is 10.6 Å². The van der Waals surface area contributed by atoms with Crippen molar-refractivity contribution in [3.8, 4) is 5.75 Å². The lowest BCUT2D eigenvalue weighted by Gasteiger charge is -2.09. The lowest BCUT2D eigenvalue weighted by molar-refractivity contribution is 0.306. The first-order chi connectivity index (χ1) is 11.2. The van der Waals surface area contributed by atoms with Crippen LogP contribution in [0.3, 0.4) is 0 Å². The fourth-order valence-corrected chi connectivity index (χ4v) is 3.03. The van der Waals surface area contributed by atoms with E-state index in [9.17, 15) is 4.79 Å². The molecule has 2 aromatic carbocycles. The normalized spacial score (nSPS) is 13.3. The fourth-order valence-electron chi connectivity index (χ4n) is 2.90. The molecule has 1 aliphatic heterocycles. The summed E-state index contributed by atoms with van der Waals surface area (Å²) in [5, 5.41) is 1.32. The SMILES string of the molecule is O=c1c2cc(OCc3ccc(Cl)cc3)ccc2nc2n1CCC2. The third-order valence-electron chi connectivity index (χ3n) is 4.11. The number of benzene rings is 2. The van der Waals surface area contributed by atoms with E-state index in [2.05, 4.69) is 4.98 Å². The number of nitrogens with zero attached hydrogens (tertiary/aromatic N) is 2. The molecule has 1 aliphatic rings. The molecule has 1 aromatic heterocycles. The van der Waals surface area contributed by atoms with Crippen LogP contribution in [0, 0.1) is 0 Å². The molecular weight excluding hydrogens is 312 g/mol. The number of ether oxygens (including phenoxy) is 1. The van der Waals surface area contributed by atoms with E-state index in [1.165, 1.54) is 0 Å². The van der Waals surface area contributed by atoms with Crippen LogP contribution in [0.4, 0.5) is 0 Å². The van der Waals surface area contributed by atoms with Crippen molar-refractivity contribution in [1.29, 1.82) is 0 Å². The van der Waals surface area contributed by atoms with E-state index in [4.69, 9.17) is 16.3 Å². The topological polar surface area (TPSA) is 44.1 Å². The number of hydrogen-bond donors (Lipinski definition) is 0. The maximum Gasteiger partial charge on any atom is 0.261 e. The van der Waals surface area contributed by atoms with E-state index in [1.807, 2.05) is 36.4 Å². The molecule has 0 radical (unpaired) electrons. The Kier molecular flexibility index (Phi) is 3.54. The summed E-state index contributed by atoms with van der Waals surface area (Å²) in [7, 11) is 0. The molecule has 5 heteroatoms. The maximum atomic E-state index is 12.5. The standard InChI is InChI=1S/C18H15ClN2O2/c19-13-5-3-12(4-6-13)11-23-14-7-8-16-15(10-14)18(22)21-9-1-2-17(21)20-16/h3-8,10H,1-2,9,11H2. The highest BCUT2D eigenvalue weighted by Gasteiger charge is 2.16. The Morgan fingerprint density at radius 2 is 2.00 bits per heavy atom. The van der Waals surface area contributed by atoms with Gasteiger partial charge < -0.3 is 4.74 Å². The molecule has 0 aliphatic carbocycles. The van der Waals surface area contributed by atoms with E-state index in [-0.39, 0.29) is 5.56 Å². The third kappa shape index (κ3) is 2.70. The van der Waals surface area contributed by atoms with Crippen molar-refractivity contribution < 1.29 is 4.74 Å². The predicted molar refractivity (Wildman–Crippen MR) is 90.1 cm³/mol. The highest BCUT2D eigenvalue weighted by Crippen LogP contribution is 2.21. The second-order valence-corrected chi connectivity index (χ2v) is 6.12. The summed E-state index contributed by atoms with van der Waals surface area (Å²) in [5.74, 6) is 1.56. The molecule has 0 bridgehead atoms. The van der Waals surface area contributed by atoms with Crippen LogP contribution in [0.15, 0.2) is 47.3 Å². The van der Waals surface area contributed by atoms with Crippen molar-refractivity contribution >= 4 is 22.5 Å². The van der Waals surface area contributed by atoms with Crippen LogP contribution in [0.2, 0.25) is 5.02 Å². The van der Waals surface area contributed by atoms with Gasteiger partial charge in [0, 0.05) is 18.0 Å². The largest absolute Gasteiger partial charge is 0.489 e. The van der Waals surface area contributed by atoms with Gasteiger partial charge in [-0.05, 0) is 42.3 Å². The van der Waals surface area contributed by atoms with Crippen LogP contribution in [0.1, 0.15) is 17.8 Å². The Bertz CT molecular complexity index is 932. The Morgan fingerprint density at radius 3 is 2.83 bits per heavy atom. The van der Waals surface area contributed by atoms with Crippen molar-refractivity contribution in [2.45, 2.75) is 26.0 Å². The zero-order chi connectivity index (χ0) is 15.8. The highest BCUT2D eigenvalue weighted by atomic mass is 35.5. The van der Waals surface area contributed by atoms with Gasteiger partial charge in [0.05, 0.1) is 10.9 Å². The van der Waals surface area contributed by atoms with E-state index >= 15 is 0 Å². The van der Waals surface area contributed by atoms with Gasteiger partial charge in [-0.1, -0.05) is 23.7 Å². The number of fused-ring (bicyclic) bond motifs is 2. The lowest BCUT2D eigenvalue weighted by Crippen LogP contribution is -2.20. The van der Waals surface area contributed by atoms with Crippen molar-refractivity contribution in [2.24, 2.45) is 0 Å². The second-order valence-electron chi connectivity index (χ2n) is 5.68. The third-order valence-corrected chi connectivity index (χ3v) is 4.36. The van der Waals surface area contributed by atoms with Crippen LogP contribution in [0.5, 0.6) is 5.75 Å². The number of halogens is 1. The average molecular weight is 327 g/mol. The Hall–Kier alpha value is -2.33. The average Bonchev–Trinajstić information content (AvgIpc) is 3.03. The lowest BCUT2D eigenvalue weighted by atomic mass is 10.2. The van der Waals surface area contributed by atoms with Gasteiger partial charge in [-0.3, -0.25) is 9.36 Å².